The van der Waals surface area contributed by atoms with E-state index in [1.807, 2.05) is 11.8 Å². The Morgan fingerprint density at radius 2 is 2.42 bits per heavy atom. The lowest BCUT2D eigenvalue weighted by atomic mass is 10.2. The molecule has 1 atom stereocenters. The molecule has 0 aromatic carbocycles. The Labute approximate surface area is 77.1 Å². The van der Waals surface area contributed by atoms with Gasteiger partial charge in [-0.25, -0.2) is 5.84 Å². The summed E-state index contributed by atoms with van der Waals surface area (Å²) in [5, 5.41) is 0.644. The molecule has 0 spiro atoms. The Hall–Kier alpha value is -0.420. The molecule has 0 amide bonds. The lowest BCUT2D eigenvalue weighted by Crippen LogP contribution is -2.37. The standard InChI is InChI=1S/C7H16N4S/c8-7(11-9)10-5-6-3-1-2-4-12-6/h6H,1-5,9H2,(H3,8,10,11). The van der Waals surface area contributed by atoms with Gasteiger partial charge in [0.2, 0.25) is 5.96 Å². The van der Waals surface area contributed by atoms with Crippen LogP contribution in [0, 0.1) is 0 Å². The minimum Gasteiger partial charge on any atom is -0.369 e. The lowest BCUT2D eigenvalue weighted by molar-refractivity contribution is 0.667. The largest absolute Gasteiger partial charge is 0.369 e. The molecule has 4 nitrogen and oxygen atoms in total. The zero-order valence-corrected chi connectivity index (χ0v) is 7.94. The Bertz CT molecular complexity index is 153. The first-order chi connectivity index (χ1) is 5.83. The molecular formula is C7H16N4S. The van der Waals surface area contributed by atoms with Crippen molar-refractivity contribution in [1.82, 2.24) is 5.43 Å². The summed E-state index contributed by atoms with van der Waals surface area (Å²) in [5.74, 6) is 6.67. The van der Waals surface area contributed by atoms with Gasteiger partial charge in [0.25, 0.3) is 0 Å². The predicted molar refractivity (Wildman–Crippen MR) is 53.9 cm³/mol. The predicted octanol–water partition coefficient (Wildman–Crippen LogP) is 0.0501. The van der Waals surface area contributed by atoms with Crippen LogP contribution in [0.25, 0.3) is 0 Å². The summed E-state index contributed by atoms with van der Waals surface area (Å²) < 4.78 is 0. The molecule has 1 aliphatic rings. The minimum atomic E-state index is 0.334. The second-order valence-corrected chi connectivity index (χ2v) is 4.27. The van der Waals surface area contributed by atoms with E-state index in [0.717, 1.165) is 6.54 Å². The highest BCUT2D eigenvalue weighted by molar-refractivity contribution is 7.99. The van der Waals surface area contributed by atoms with E-state index in [2.05, 4.69) is 10.4 Å². The molecule has 1 rings (SSSR count). The highest BCUT2D eigenvalue weighted by atomic mass is 32.2. The van der Waals surface area contributed by atoms with Crippen molar-refractivity contribution in [2.75, 3.05) is 12.3 Å². The van der Waals surface area contributed by atoms with Gasteiger partial charge in [-0.05, 0) is 18.6 Å². The topological polar surface area (TPSA) is 76.4 Å². The fraction of sp³-hybridized carbons (Fsp3) is 0.857. The van der Waals surface area contributed by atoms with Crippen molar-refractivity contribution in [3.05, 3.63) is 0 Å². The van der Waals surface area contributed by atoms with Crippen molar-refractivity contribution >= 4 is 17.7 Å². The van der Waals surface area contributed by atoms with Crippen LogP contribution in [0.1, 0.15) is 19.3 Å². The fourth-order valence-corrected chi connectivity index (χ4v) is 2.41. The summed E-state index contributed by atoms with van der Waals surface area (Å²) in [7, 11) is 0. The SMILES string of the molecule is NNC(N)=NCC1CCCCS1. The van der Waals surface area contributed by atoms with Crippen LogP contribution in [-0.2, 0) is 0 Å². The van der Waals surface area contributed by atoms with E-state index < -0.39 is 0 Å². The van der Waals surface area contributed by atoms with Crippen molar-refractivity contribution in [3.8, 4) is 0 Å². The van der Waals surface area contributed by atoms with Gasteiger partial charge >= 0.3 is 0 Å². The summed E-state index contributed by atoms with van der Waals surface area (Å²) in [6.45, 7) is 0.792. The Kier molecular flexibility index (Phi) is 4.24. The van der Waals surface area contributed by atoms with Gasteiger partial charge in [0.1, 0.15) is 0 Å². The number of hydrogen-bond donors (Lipinski definition) is 3. The maximum Gasteiger partial charge on any atom is 0.203 e. The second kappa shape index (κ2) is 5.27. The van der Waals surface area contributed by atoms with E-state index >= 15 is 0 Å². The van der Waals surface area contributed by atoms with E-state index in [1.54, 1.807) is 0 Å². The first-order valence-corrected chi connectivity index (χ1v) is 5.26. The highest BCUT2D eigenvalue weighted by Gasteiger charge is 2.12. The maximum atomic E-state index is 5.39. The van der Waals surface area contributed by atoms with Crippen LogP contribution in [0.5, 0.6) is 0 Å². The third kappa shape index (κ3) is 3.32. The highest BCUT2D eigenvalue weighted by Crippen LogP contribution is 2.24. The number of rotatable bonds is 2. The van der Waals surface area contributed by atoms with Gasteiger partial charge in [-0.2, -0.15) is 11.8 Å². The van der Waals surface area contributed by atoms with Crippen molar-refractivity contribution in [2.45, 2.75) is 24.5 Å². The number of nitrogens with one attached hydrogen (secondary N) is 1. The summed E-state index contributed by atoms with van der Waals surface area (Å²) in [6.07, 6.45) is 3.92. The maximum absolute atomic E-state index is 5.39. The Balaban J connectivity index is 2.21. The molecule has 0 radical (unpaired) electrons. The van der Waals surface area contributed by atoms with Crippen LogP contribution < -0.4 is 17.0 Å². The van der Waals surface area contributed by atoms with Gasteiger partial charge in [-0.1, -0.05) is 6.42 Å². The number of nitrogens with two attached hydrogens (primary N) is 2. The van der Waals surface area contributed by atoms with Gasteiger partial charge < -0.3 is 5.73 Å². The molecule has 1 unspecified atom stereocenters. The number of nitrogens with zero attached hydrogens (tertiary/aromatic N) is 1. The summed E-state index contributed by atoms with van der Waals surface area (Å²) in [4.78, 5) is 4.10. The normalized spacial score (nSPS) is 25.4. The van der Waals surface area contributed by atoms with Crippen molar-refractivity contribution < 1.29 is 0 Å². The summed E-state index contributed by atoms with van der Waals surface area (Å²) >= 11 is 1.98. The van der Waals surface area contributed by atoms with Crippen LogP contribution in [0.3, 0.4) is 0 Å². The summed E-state index contributed by atoms with van der Waals surface area (Å²) in [6, 6.07) is 0. The number of hydrazine groups is 1. The second-order valence-electron chi connectivity index (χ2n) is 2.86. The van der Waals surface area contributed by atoms with E-state index in [1.165, 1.54) is 25.0 Å². The monoisotopic (exact) mass is 188 g/mol. The zero-order valence-electron chi connectivity index (χ0n) is 7.12. The average molecular weight is 188 g/mol. The first kappa shape index (κ1) is 9.67. The number of thioether (sulfide) groups is 1. The minimum absolute atomic E-state index is 0.334. The number of aliphatic imine (C=N–C) groups is 1. The molecule has 1 saturated heterocycles. The first-order valence-electron chi connectivity index (χ1n) is 4.21. The Morgan fingerprint density at radius 3 is 3.00 bits per heavy atom. The van der Waals surface area contributed by atoms with E-state index in [0.29, 0.717) is 11.2 Å². The fourth-order valence-electron chi connectivity index (χ4n) is 1.20. The van der Waals surface area contributed by atoms with Gasteiger partial charge in [0, 0.05) is 5.25 Å². The number of guanidine groups is 1. The van der Waals surface area contributed by atoms with Crippen molar-refractivity contribution in [3.63, 3.8) is 0 Å². The molecule has 0 aromatic heterocycles. The molecule has 12 heavy (non-hydrogen) atoms. The smallest absolute Gasteiger partial charge is 0.203 e. The molecule has 0 bridgehead atoms. The van der Waals surface area contributed by atoms with Crippen LogP contribution in [-0.4, -0.2) is 23.5 Å². The molecule has 0 aliphatic carbocycles. The molecule has 5 heteroatoms. The molecule has 5 N–H and O–H groups in total. The molecule has 0 aromatic rings. The molecule has 1 aliphatic heterocycles. The molecule has 1 fully saturated rings. The third-order valence-corrected chi connectivity index (χ3v) is 3.27. The van der Waals surface area contributed by atoms with Crippen LogP contribution in [0.4, 0.5) is 0 Å². The third-order valence-electron chi connectivity index (χ3n) is 1.89. The van der Waals surface area contributed by atoms with Crippen molar-refractivity contribution in [2.24, 2.45) is 16.6 Å². The molecule has 70 valence electrons. The number of hydrogen-bond acceptors (Lipinski definition) is 3. The Morgan fingerprint density at radius 1 is 1.58 bits per heavy atom. The van der Waals surface area contributed by atoms with Gasteiger partial charge in [-0.15, -0.1) is 0 Å². The molecule has 1 heterocycles. The van der Waals surface area contributed by atoms with Crippen LogP contribution >= 0.6 is 11.8 Å². The summed E-state index contributed by atoms with van der Waals surface area (Å²) in [5.41, 5.74) is 7.72. The van der Waals surface area contributed by atoms with Gasteiger partial charge in [0.15, 0.2) is 0 Å². The van der Waals surface area contributed by atoms with E-state index in [4.69, 9.17) is 11.6 Å². The quantitative estimate of drug-likeness (QED) is 0.248. The van der Waals surface area contributed by atoms with Gasteiger partial charge in [-0.3, -0.25) is 10.4 Å². The molecule has 0 saturated carbocycles. The van der Waals surface area contributed by atoms with E-state index in [9.17, 15) is 0 Å². The molecular weight excluding hydrogens is 172 g/mol. The van der Waals surface area contributed by atoms with Gasteiger partial charge in [0.05, 0.1) is 6.54 Å². The van der Waals surface area contributed by atoms with Crippen molar-refractivity contribution in [1.29, 1.82) is 0 Å². The van der Waals surface area contributed by atoms with Crippen LogP contribution in [0.2, 0.25) is 0 Å². The van der Waals surface area contributed by atoms with Crippen LogP contribution in [0.15, 0.2) is 4.99 Å². The van der Waals surface area contributed by atoms with E-state index in [-0.39, 0.29) is 0 Å². The average Bonchev–Trinajstić information content (AvgIpc) is 2.16. The lowest BCUT2D eigenvalue weighted by Gasteiger charge is -2.19. The zero-order chi connectivity index (χ0) is 8.81.